The lowest BCUT2D eigenvalue weighted by atomic mass is 10.2. The van der Waals surface area contributed by atoms with Crippen LogP contribution < -0.4 is 5.32 Å². The molecule has 68 valence electrons. The molecule has 1 atom stereocenters. The summed E-state index contributed by atoms with van der Waals surface area (Å²) in [6.07, 6.45) is 0.998. The molecule has 1 rings (SSSR count). The van der Waals surface area contributed by atoms with E-state index >= 15 is 0 Å². The maximum atomic E-state index is 4.37. The highest BCUT2D eigenvalue weighted by molar-refractivity contribution is 5.09. The van der Waals surface area contributed by atoms with Gasteiger partial charge in [-0.15, -0.1) is 0 Å². The number of hydrogen-bond donors (Lipinski definition) is 1. The van der Waals surface area contributed by atoms with Crippen molar-refractivity contribution in [1.82, 2.24) is 15.1 Å². The van der Waals surface area contributed by atoms with Gasteiger partial charge in [0.15, 0.2) is 0 Å². The zero-order valence-corrected chi connectivity index (χ0v) is 8.26. The van der Waals surface area contributed by atoms with E-state index < -0.39 is 0 Å². The van der Waals surface area contributed by atoms with Crippen molar-refractivity contribution in [1.29, 1.82) is 0 Å². The Morgan fingerprint density at radius 1 is 1.67 bits per heavy atom. The van der Waals surface area contributed by atoms with Gasteiger partial charge in [-0.25, -0.2) is 0 Å². The highest BCUT2D eigenvalue weighted by Gasteiger charge is 2.04. The molecular weight excluding hydrogens is 150 g/mol. The first-order chi connectivity index (χ1) is 5.63. The molecule has 0 fully saturated rings. The molecule has 1 heterocycles. The maximum Gasteiger partial charge on any atom is 0.0642 e. The van der Waals surface area contributed by atoms with Gasteiger partial charge in [0.2, 0.25) is 0 Å². The Labute approximate surface area is 73.8 Å². The molecule has 3 nitrogen and oxygen atoms in total. The predicted molar refractivity (Wildman–Crippen MR) is 50.2 cm³/mol. The average molecular weight is 167 g/mol. The molecule has 1 unspecified atom stereocenters. The van der Waals surface area contributed by atoms with Gasteiger partial charge >= 0.3 is 0 Å². The van der Waals surface area contributed by atoms with Crippen molar-refractivity contribution in [3.8, 4) is 0 Å². The minimum Gasteiger partial charge on any atom is -0.317 e. The zero-order chi connectivity index (χ0) is 9.14. The number of hydrogen-bond acceptors (Lipinski definition) is 2. The van der Waals surface area contributed by atoms with Crippen LogP contribution in [0.4, 0.5) is 0 Å². The zero-order valence-electron chi connectivity index (χ0n) is 8.26. The lowest BCUT2D eigenvalue weighted by Crippen LogP contribution is -2.23. The van der Waals surface area contributed by atoms with Crippen molar-refractivity contribution in [2.24, 2.45) is 7.05 Å². The van der Waals surface area contributed by atoms with Crippen LogP contribution in [0, 0.1) is 6.92 Å². The van der Waals surface area contributed by atoms with Crippen LogP contribution in [0.1, 0.15) is 18.3 Å². The van der Waals surface area contributed by atoms with E-state index in [9.17, 15) is 0 Å². The van der Waals surface area contributed by atoms with Gasteiger partial charge in [-0.1, -0.05) is 0 Å². The fraction of sp³-hybridized carbons (Fsp3) is 0.667. The Balaban J connectivity index is 2.64. The summed E-state index contributed by atoms with van der Waals surface area (Å²) < 4.78 is 1.91. The van der Waals surface area contributed by atoms with Gasteiger partial charge in [-0.3, -0.25) is 4.68 Å². The summed E-state index contributed by atoms with van der Waals surface area (Å²) in [6.45, 7) is 4.23. The van der Waals surface area contributed by atoms with Gasteiger partial charge in [0, 0.05) is 25.2 Å². The molecule has 1 aromatic rings. The molecule has 1 aromatic heterocycles. The topological polar surface area (TPSA) is 29.9 Å². The summed E-state index contributed by atoms with van der Waals surface area (Å²) in [6, 6.07) is 2.63. The third-order valence-electron chi connectivity index (χ3n) is 2.17. The van der Waals surface area contributed by atoms with Crippen LogP contribution >= 0.6 is 0 Å². The molecule has 0 bridgehead atoms. The summed E-state index contributed by atoms with van der Waals surface area (Å²) >= 11 is 0. The van der Waals surface area contributed by atoms with Gasteiger partial charge in [0.25, 0.3) is 0 Å². The van der Waals surface area contributed by atoms with E-state index in [2.05, 4.69) is 30.3 Å². The Morgan fingerprint density at radius 2 is 2.33 bits per heavy atom. The lowest BCUT2D eigenvalue weighted by Gasteiger charge is -2.06. The molecule has 12 heavy (non-hydrogen) atoms. The van der Waals surface area contributed by atoms with Crippen molar-refractivity contribution in [2.75, 3.05) is 7.05 Å². The summed E-state index contributed by atoms with van der Waals surface area (Å²) in [7, 11) is 3.95. The fourth-order valence-corrected chi connectivity index (χ4v) is 1.15. The predicted octanol–water partition coefficient (Wildman–Crippen LogP) is 0.879. The third kappa shape index (κ3) is 2.08. The molecule has 0 aromatic carbocycles. The number of likely N-dealkylation sites (N-methyl/N-ethyl adjacent to an activating group) is 1. The number of nitrogens with one attached hydrogen (secondary N) is 1. The minimum atomic E-state index is 0.499. The Morgan fingerprint density at radius 3 is 2.75 bits per heavy atom. The highest BCUT2D eigenvalue weighted by atomic mass is 15.3. The second kappa shape index (κ2) is 3.72. The first kappa shape index (κ1) is 9.26. The standard InChI is InChI=1S/C9H17N3/c1-7(10-3)5-9-6-8(2)12(4)11-9/h6-7,10H,5H2,1-4H3. The number of nitrogens with zero attached hydrogens (tertiary/aromatic N) is 2. The van der Waals surface area contributed by atoms with Crippen LogP contribution in [-0.2, 0) is 13.5 Å². The number of aromatic nitrogens is 2. The molecule has 0 aliphatic carbocycles. The molecule has 0 amide bonds. The summed E-state index contributed by atoms with van der Waals surface area (Å²) in [4.78, 5) is 0. The first-order valence-corrected chi connectivity index (χ1v) is 4.30. The molecule has 3 heteroatoms. The molecule has 0 saturated carbocycles. The molecule has 0 radical (unpaired) electrons. The SMILES string of the molecule is CNC(C)Cc1cc(C)n(C)n1. The third-order valence-corrected chi connectivity index (χ3v) is 2.17. The average Bonchev–Trinajstić information content (AvgIpc) is 2.31. The van der Waals surface area contributed by atoms with Crippen molar-refractivity contribution in [3.63, 3.8) is 0 Å². The molecular formula is C9H17N3. The number of rotatable bonds is 3. The van der Waals surface area contributed by atoms with Crippen LogP contribution in [0.25, 0.3) is 0 Å². The van der Waals surface area contributed by atoms with Crippen LogP contribution in [0.2, 0.25) is 0 Å². The van der Waals surface area contributed by atoms with Gasteiger partial charge in [-0.05, 0) is 27.0 Å². The van der Waals surface area contributed by atoms with E-state index in [0.717, 1.165) is 12.1 Å². The second-order valence-corrected chi connectivity index (χ2v) is 3.29. The van der Waals surface area contributed by atoms with Crippen molar-refractivity contribution < 1.29 is 0 Å². The highest BCUT2D eigenvalue weighted by Crippen LogP contribution is 2.03. The number of aryl methyl sites for hydroxylation is 2. The van der Waals surface area contributed by atoms with E-state index in [1.54, 1.807) is 0 Å². The summed E-state index contributed by atoms with van der Waals surface area (Å²) in [5.41, 5.74) is 2.38. The van der Waals surface area contributed by atoms with Crippen molar-refractivity contribution in [3.05, 3.63) is 17.5 Å². The molecule has 0 aliphatic rings. The largest absolute Gasteiger partial charge is 0.317 e. The Bertz CT molecular complexity index is 233. The molecule has 0 saturated heterocycles. The fourth-order valence-electron chi connectivity index (χ4n) is 1.15. The molecule has 0 aliphatic heterocycles. The first-order valence-electron chi connectivity index (χ1n) is 4.30. The second-order valence-electron chi connectivity index (χ2n) is 3.29. The summed E-state index contributed by atoms with van der Waals surface area (Å²) in [5, 5.41) is 7.57. The van der Waals surface area contributed by atoms with Gasteiger partial charge < -0.3 is 5.32 Å². The lowest BCUT2D eigenvalue weighted by molar-refractivity contribution is 0.592. The van der Waals surface area contributed by atoms with Gasteiger partial charge in [0.1, 0.15) is 0 Å². The van der Waals surface area contributed by atoms with Crippen molar-refractivity contribution >= 4 is 0 Å². The van der Waals surface area contributed by atoms with Crippen LogP contribution in [-0.4, -0.2) is 22.9 Å². The van der Waals surface area contributed by atoms with Gasteiger partial charge in [0.05, 0.1) is 5.69 Å². The van der Waals surface area contributed by atoms with Crippen LogP contribution in [0.3, 0.4) is 0 Å². The van der Waals surface area contributed by atoms with E-state index in [1.807, 2.05) is 18.8 Å². The van der Waals surface area contributed by atoms with Crippen LogP contribution in [0.5, 0.6) is 0 Å². The van der Waals surface area contributed by atoms with E-state index in [1.165, 1.54) is 5.69 Å². The van der Waals surface area contributed by atoms with Crippen LogP contribution in [0.15, 0.2) is 6.07 Å². The monoisotopic (exact) mass is 167 g/mol. The smallest absolute Gasteiger partial charge is 0.0642 e. The minimum absolute atomic E-state index is 0.499. The van der Waals surface area contributed by atoms with Crippen molar-refractivity contribution in [2.45, 2.75) is 26.3 Å². The molecule has 1 N–H and O–H groups in total. The van der Waals surface area contributed by atoms with E-state index in [4.69, 9.17) is 0 Å². The maximum absolute atomic E-state index is 4.37. The molecule has 0 spiro atoms. The van der Waals surface area contributed by atoms with Gasteiger partial charge in [-0.2, -0.15) is 5.10 Å². The normalized spacial score (nSPS) is 13.3. The Hall–Kier alpha value is -0.830. The van der Waals surface area contributed by atoms with E-state index in [0.29, 0.717) is 6.04 Å². The summed E-state index contributed by atoms with van der Waals surface area (Å²) in [5.74, 6) is 0. The Kier molecular flexibility index (Phi) is 2.87. The quantitative estimate of drug-likeness (QED) is 0.724. The van der Waals surface area contributed by atoms with E-state index in [-0.39, 0.29) is 0 Å².